The third kappa shape index (κ3) is 3.34. The van der Waals surface area contributed by atoms with Crippen LogP contribution in [0.1, 0.15) is 17.0 Å². The molecule has 0 aliphatic heterocycles. The largest absolute Gasteiger partial charge is 0.479 e. The van der Waals surface area contributed by atoms with E-state index in [1.54, 1.807) is 0 Å². The van der Waals surface area contributed by atoms with E-state index < -0.39 is 0 Å². The lowest BCUT2D eigenvalue weighted by molar-refractivity contribution is 0.368. The Balaban J connectivity index is 2.00. The maximum absolute atomic E-state index is 9.01. The lowest BCUT2D eigenvalue weighted by Gasteiger charge is -2.08. The first-order valence-electron chi connectivity index (χ1n) is 6.54. The van der Waals surface area contributed by atoms with Crippen molar-refractivity contribution >= 4 is 5.69 Å². The summed E-state index contributed by atoms with van der Waals surface area (Å²) >= 11 is 0. The zero-order valence-electron chi connectivity index (χ0n) is 12.1. The minimum Gasteiger partial charge on any atom is -0.479 e. The Bertz CT molecular complexity index is 702. The van der Waals surface area contributed by atoms with E-state index in [0.717, 1.165) is 16.9 Å². The summed E-state index contributed by atoms with van der Waals surface area (Å²) in [5, 5.41) is 20.8. The van der Waals surface area contributed by atoms with Crippen LogP contribution >= 0.6 is 0 Å². The molecular weight excluding hydrogens is 264 g/mol. The van der Waals surface area contributed by atoms with Crippen LogP contribution in [0.5, 0.6) is 5.75 Å². The lowest BCUT2D eigenvalue weighted by Crippen LogP contribution is -2.01. The molecule has 0 spiro atoms. The number of hydrogen-bond donors (Lipinski definition) is 1. The van der Waals surface area contributed by atoms with E-state index in [-0.39, 0.29) is 6.61 Å². The van der Waals surface area contributed by atoms with Gasteiger partial charge in [-0.15, -0.1) is 0 Å². The lowest BCUT2D eigenvalue weighted by atomic mass is 10.2. The van der Waals surface area contributed by atoms with Gasteiger partial charge in [-0.05, 0) is 42.8 Å². The Morgan fingerprint density at radius 3 is 2.52 bits per heavy atom. The van der Waals surface area contributed by atoms with Gasteiger partial charge in [0.05, 0.1) is 0 Å². The summed E-state index contributed by atoms with van der Waals surface area (Å²) in [5.74, 6) is 0.671. The van der Waals surface area contributed by atoms with Gasteiger partial charge in [-0.2, -0.15) is 10.5 Å². The minimum absolute atomic E-state index is 0.0485. The molecule has 1 aromatic carbocycles. The third-order valence-corrected chi connectivity index (χ3v) is 3.40. The van der Waals surface area contributed by atoms with Crippen molar-refractivity contribution in [3.8, 4) is 17.9 Å². The summed E-state index contributed by atoms with van der Waals surface area (Å²) in [6, 6.07) is 13.4. The Morgan fingerprint density at radius 1 is 1.24 bits per heavy atom. The van der Waals surface area contributed by atoms with Crippen LogP contribution in [0.25, 0.3) is 0 Å². The van der Waals surface area contributed by atoms with E-state index in [0.29, 0.717) is 18.0 Å². The summed E-state index contributed by atoms with van der Waals surface area (Å²) in [7, 11) is 1.89. The number of nitrogens with one attached hydrogen (secondary N) is 1. The van der Waals surface area contributed by atoms with Crippen molar-refractivity contribution in [1.29, 1.82) is 10.5 Å². The molecule has 0 atom stereocenters. The minimum atomic E-state index is 0.0485. The first-order valence-corrected chi connectivity index (χ1v) is 6.54. The molecule has 0 aliphatic rings. The number of hydrogen-bond acceptors (Lipinski definition) is 4. The van der Waals surface area contributed by atoms with Gasteiger partial charge in [0.1, 0.15) is 23.6 Å². The molecular formula is C16H16N4O. The SMILES string of the molecule is Cc1c(CNc2ccc(OCC#N)cc2)cc(C#N)n1C. The van der Waals surface area contributed by atoms with Crippen molar-refractivity contribution in [3.05, 3.63) is 47.3 Å². The predicted molar refractivity (Wildman–Crippen MR) is 79.7 cm³/mol. The number of rotatable bonds is 5. The zero-order valence-corrected chi connectivity index (χ0v) is 12.1. The molecule has 2 rings (SSSR count). The van der Waals surface area contributed by atoms with Crippen molar-refractivity contribution in [2.24, 2.45) is 7.05 Å². The number of anilines is 1. The van der Waals surface area contributed by atoms with Crippen LogP contribution in [0.15, 0.2) is 30.3 Å². The summed E-state index contributed by atoms with van der Waals surface area (Å²) in [6.07, 6.45) is 0. The first kappa shape index (κ1) is 14.5. The third-order valence-electron chi connectivity index (χ3n) is 3.40. The molecule has 21 heavy (non-hydrogen) atoms. The molecule has 106 valence electrons. The highest BCUT2D eigenvalue weighted by molar-refractivity contribution is 5.47. The standard InChI is InChI=1S/C16H16N4O/c1-12-13(9-15(10-18)20(12)2)11-19-14-3-5-16(6-4-14)21-8-7-17/h3-6,9,19H,8,11H2,1-2H3. The van der Waals surface area contributed by atoms with E-state index in [1.165, 1.54) is 0 Å². The molecule has 0 saturated heterocycles. The van der Waals surface area contributed by atoms with Gasteiger partial charge >= 0.3 is 0 Å². The van der Waals surface area contributed by atoms with Crippen LogP contribution in [0.4, 0.5) is 5.69 Å². The molecule has 0 amide bonds. The van der Waals surface area contributed by atoms with E-state index in [9.17, 15) is 0 Å². The number of benzene rings is 1. The van der Waals surface area contributed by atoms with Crippen molar-refractivity contribution < 1.29 is 4.74 Å². The molecule has 1 heterocycles. The average Bonchev–Trinajstić information content (AvgIpc) is 2.79. The quantitative estimate of drug-likeness (QED) is 0.913. The van der Waals surface area contributed by atoms with Gasteiger partial charge < -0.3 is 14.6 Å². The Kier molecular flexibility index (Phi) is 4.48. The zero-order chi connectivity index (χ0) is 15.2. The van der Waals surface area contributed by atoms with Gasteiger partial charge in [-0.3, -0.25) is 0 Å². The summed E-state index contributed by atoms with van der Waals surface area (Å²) in [6.45, 7) is 2.70. The van der Waals surface area contributed by atoms with Crippen LogP contribution in [-0.4, -0.2) is 11.2 Å². The number of nitrogens with zero attached hydrogens (tertiary/aromatic N) is 3. The average molecular weight is 280 g/mol. The van der Waals surface area contributed by atoms with E-state index >= 15 is 0 Å². The van der Waals surface area contributed by atoms with Gasteiger partial charge in [0, 0.05) is 25.0 Å². The Labute approximate surface area is 124 Å². The second-order valence-electron chi connectivity index (χ2n) is 4.64. The fourth-order valence-electron chi connectivity index (χ4n) is 2.03. The van der Waals surface area contributed by atoms with E-state index in [4.69, 9.17) is 15.3 Å². The smallest absolute Gasteiger partial charge is 0.174 e. The highest BCUT2D eigenvalue weighted by atomic mass is 16.5. The maximum atomic E-state index is 9.01. The number of ether oxygens (including phenoxy) is 1. The van der Waals surface area contributed by atoms with Gasteiger partial charge in [-0.1, -0.05) is 0 Å². The summed E-state index contributed by atoms with van der Waals surface area (Å²) < 4.78 is 7.08. The van der Waals surface area contributed by atoms with Crippen LogP contribution < -0.4 is 10.1 Å². The highest BCUT2D eigenvalue weighted by Crippen LogP contribution is 2.18. The van der Waals surface area contributed by atoms with Gasteiger partial charge in [-0.25, -0.2) is 0 Å². The highest BCUT2D eigenvalue weighted by Gasteiger charge is 2.08. The molecule has 1 N–H and O–H groups in total. The molecule has 1 aromatic heterocycles. The summed E-state index contributed by atoms with van der Waals surface area (Å²) in [5.41, 5.74) is 3.79. The molecule has 5 nitrogen and oxygen atoms in total. The number of nitriles is 2. The molecule has 0 unspecified atom stereocenters. The second kappa shape index (κ2) is 6.49. The van der Waals surface area contributed by atoms with Crippen LogP contribution in [0.2, 0.25) is 0 Å². The van der Waals surface area contributed by atoms with E-state index in [2.05, 4.69) is 11.4 Å². The Hall–Kier alpha value is -2.92. The van der Waals surface area contributed by atoms with Crippen LogP contribution in [0, 0.1) is 29.6 Å². The number of aromatic nitrogens is 1. The first-order chi connectivity index (χ1) is 10.2. The van der Waals surface area contributed by atoms with Gasteiger partial charge in [0.25, 0.3) is 0 Å². The van der Waals surface area contributed by atoms with Crippen molar-refractivity contribution in [1.82, 2.24) is 4.57 Å². The molecule has 2 aromatic rings. The molecule has 0 radical (unpaired) electrons. The Morgan fingerprint density at radius 2 is 1.95 bits per heavy atom. The molecule has 0 fully saturated rings. The van der Waals surface area contributed by atoms with E-state index in [1.807, 2.05) is 54.9 Å². The normalized spacial score (nSPS) is 9.71. The van der Waals surface area contributed by atoms with Gasteiger partial charge in [0.15, 0.2) is 6.61 Å². The topological polar surface area (TPSA) is 73.8 Å². The molecule has 0 aliphatic carbocycles. The fraction of sp³-hybridized carbons (Fsp3) is 0.250. The molecule has 0 saturated carbocycles. The van der Waals surface area contributed by atoms with Crippen molar-refractivity contribution in [3.63, 3.8) is 0 Å². The fourth-order valence-corrected chi connectivity index (χ4v) is 2.03. The maximum Gasteiger partial charge on any atom is 0.174 e. The van der Waals surface area contributed by atoms with Crippen molar-refractivity contribution in [2.75, 3.05) is 11.9 Å². The molecule has 0 bridgehead atoms. The predicted octanol–water partition coefficient (Wildman–Crippen LogP) is 2.72. The van der Waals surface area contributed by atoms with Gasteiger partial charge in [0.2, 0.25) is 0 Å². The monoisotopic (exact) mass is 280 g/mol. The second-order valence-corrected chi connectivity index (χ2v) is 4.64. The van der Waals surface area contributed by atoms with Crippen LogP contribution in [0.3, 0.4) is 0 Å². The molecule has 5 heteroatoms. The van der Waals surface area contributed by atoms with Crippen LogP contribution in [-0.2, 0) is 13.6 Å². The summed E-state index contributed by atoms with van der Waals surface area (Å²) in [4.78, 5) is 0. The van der Waals surface area contributed by atoms with Crippen molar-refractivity contribution in [2.45, 2.75) is 13.5 Å².